The molecular formula is C26H35NO2Si. The highest BCUT2D eigenvalue weighted by Gasteiger charge is 2.49. The molecule has 2 aromatic rings. The van der Waals surface area contributed by atoms with Crippen LogP contribution in [-0.4, -0.2) is 36.6 Å². The van der Waals surface area contributed by atoms with E-state index < -0.39 is 13.7 Å². The molecule has 1 fully saturated rings. The van der Waals surface area contributed by atoms with E-state index in [4.69, 9.17) is 0 Å². The van der Waals surface area contributed by atoms with Gasteiger partial charge in [-0.3, -0.25) is 4.79 Å². The maximum Gasteiger partial charge on any atom is 0.223 e. The smallest absolute Gasteiger partial charge is 0.223 e. The zero-order valence-corrected chi connectivity index (χ0v) is 19.8. The standard InChI is InChI=1S/C26H35NO2Si/c1-20(2)19-23(30(3,4)5)25(28)27-18-12-17-24(27)26(29,21-13-8-6-9-14-21)22-15-10-7-11-16-22/h6-11,13-16,23-24,29H,1,12,17-19H2,2-5H3/t23-,24-/m0/s1. The molecule has 2 aromatic carbocycles. The second-order valence-electron chi connectivity index (χ2n) is 9.77. The summed E-state index contributed by atoms with van der Waals surface area (Å²) in [5, 5.41) is 12.2. The number of allylic oxidation sites excluding steroid dienone is 1. The highest BCUT2D eigenvalue weighted by atomic mass is 28.3. The van der Waals surface area contributed by atoms with Gasteiger partial charge < -0.3 is 10.0 Å². The van der Waals surface area contributed by atoms with Crippen LogP contribution in [0.25, 0.3) is 0 Å². The molecule has 1 N–H and O–H groups in total. The highest BCUT2D eigenvalue weighted by molar-refractivity contribution is 6.80. The largest absolute Gasteiger partial charge is 0.378 e. The predicted octanol–water partition coefficient (Wildman–Crippen LogP) is 5.59. The summed E-state index contributed by atoms with van der Waals surface area (Å²) in [5.41, 5.74) is 1.47. The molecule has 1 amide bonds. The van der Waals surface area contributed by atoms with E-state index in [2.05, 4.69) is 26.2 Å². The van der Waals surface area contributed by atoms with Gasteiger partial charge in [0.2, 0.25) is 5.91 Å². The molecule has 0 spiro atoms. The molecule has 0 aliphatic carbocycles. The van der Waals surface area contributed by atoms with Crippen LogP contribution in [0.2, 0.25) is 25.2 Å². The Morgan fingerprint density at radius 2 is 1.60 bits per heavy atom. The summed E-state index contributed by atoms with van der Waals surface area (Å²) in [4.78, 5) is 15.8. The number of carbonyl (C=O) groups is 1. The Bertz CT molecular complexity index is 833. The van der Waals surface area contributed by atoms with E-state index in [9.17, 15) is 9.90 Å². The highest BCUT2D eigenvalue weighted by Crippen LogP contribution is 2.42. The number of hydrogen-bond donors (Lipinski definition) is 1. The number of aliphatic hydroxyl groups is 1. The number of carbonyl (C=O) groups excluding carboxylic acids is 1. The van der Waals surface area contributed by atoms with Crippen LogP contribution in [0.3, 0.4) is 0 Å². The van der Waals surface area contributed by atoms with Crippen molar-refractivity contribution < 1.29 is 9.90 Å². The summed E-state index contributed by atoms with van der Waals surface area (Å²) in [6, 6.07) is 19.3. The van der Waals surface area contributed by atoms with E-state index in [1.165, 1.54) is 0 Å². The minimum atomic E-state index is -1.76. The van der Waals surface area contributed by atoms with Gasteiger partial charge in [-0.15, -0.1) is 6.58 Å². The molecule has 2 atom stereocenters. The fourth-order valence-electron chi connectivity index (χ4n) is 4.71. The lowest BCUT2D eigenvalue weighted by atomic mass is 9.79. The fraction of sp³-hybridized carbons (Fsp3) is 0.423. The van der Waals surface area contributed by atoms with Gasteiger partial charge in [0.1, 0.15) is 5.60 Å². The maximum absolute atomic E-state index is 13.9. The van der Waals surface area contributed by atoms with Crippen LogP contribution in [0.15, 0.2) is 72.8 Å². The van der Waals surface area contributed by atoms with Crippen molar-refractivity contribution in [2.75, 3.05) is 6.54 Å². The molecule has 4 heteroatoms. The number of rotatable bonds is 7. The zero-order valence-electron chi connectivity index (χ0n) is 18.8. The molecule has 160 valence electrons. The Morgan fingerprint density at radius 3 is 2.03 bits per heavy atom. The van der Waals surface area contributed by atoms with Crippen molar-refractivity contribution in [2.45, 2.75) is 63.0 Å². The summed E-state index contributed by atoms with van der Waals surface area (Å²) in [7, 11) is -1.76. The van der Waals surface area contributed by atoms with Gasteiger partial charge >= 0.3 is 0 Å². The average Bonchev–Trinajstić information content (AvgIpc) is 3.22. The molecule has 0 bridgehead atoms. The van der Waals surface area contributed by atoms with Crippen molar-refractivity contribution in [3.05, 3.63) is 83.9 Å². The van der Waals surface area contributed by atoms with Crippen molar-refractivity contribution in [1.29, 1.82) is 0 Å². The van der Waals surface area contributed by atoms with Crippen molar-refractivity contribution in [3.63, 3.8) is 0 Å². The first kappa shape index (κ1) is 22.5. The van der Waals surface area contributed by atoms with Crippen LogP contribution in [0.5, 0.6) is 0 Å². The zero-order chi connectivity index (χ0) is 21.9. The van der Waals surface area contributed by atoms with Gasteiger partial charge in [0.05, 0.1) is 14.1 Å². The number of likely N-dealkylation sites (tertiary alicyclic amines) is 1. The van der Waals surface area contributed by atoms with Gasteiger partial charge in [-0.25, -0.2) is 0 Å². The summed E-state index contributed by atoms with van der Waals surface area (Å²) in [6.45, 7) is 13.5. The SMILES string of the molecule is C=C(C)C[C@@H](C(=O)N1CCC[C@H]1C(O)(c1ccccc1)c1ccccc1)[Si](C)(C)C. The van der Waals surface area contributed by atoms with Crippen LogP contribution in [0.4, 0.5) is 0 Å². The third-order valence-electron chi connectivity index (χ3n) is 6.34. The first-order valence-corrected chi connectivity index (χ1v) is 14.5. The van der Waals surface area contributed by atoms with Crippen molar-refractivity contribution in [1.82, 2.24) is 4.90 Å². The Morgan fingerprint density at radius 1 is 1.10 bits per heavy atom. The van der Waals surface area contributed by atoms with Crippen LogP contribution in [0, 0.1) is 0 Å². The minimum Gasteiger partial charge on any atom is -0.378 e. The number of hydrogen-bond acceptors (Lipinski definition) is 2. The van der Waals surface area contributed by atoms with E-state index in [0.717, 1.165) is 36.0 Å². The molecule has 1 aliphatic heterocycles. The van der Waals surface area contributed by atoms with Crippen LogP contribution < -0.4 is 0 Å². The van der Waals surface area contributed by atoms with E-state index in [1.54, 1.807) is 0 Å². The van der Waals surface area contributed by atoms with Gasteiger partial charge in [-0.2, -0.15) is 0 Å². The van der Waals surface area contributed by atoms with E-state index in [-0.39, 0.29) is 17.5 Å². The Balaban J connectivity index is 2.06. The number of amides is 1. The van der Waals surface area contributed by atoms with E-state index in [1.807, 2.05) is 72.5 Å². The Hall–Kier alpha value is -2.17. The third kappa shape index (κ3) is 4.45. The second-order valence-corrected chi connectivity index (χ2v) is 15.2. The quantitative estimate of drug-likeness (QED) is 0.468. The molecule has 0 unspecified atom stereocenters. The average molecular weight is 422 g/mol. The summed E-state index contributed by atoms with van der Waals surface area (Å²) in [5.74, 6) is 0.185. The van der Waals surface area contributed by atoms with Crippen molar-refractivity contribution >= 4 is 14.0 Å². The van der Waals surface area contributed by atoms with Gasteiger partial charge in [0.15, 0.2) is 0 Å². The molecule has 0 saturated carbocycles. The van der Waals surface area contributed by atoms with Crippen LogP contribution in [-0.2, 0) is 10.4 Å². The third-order valence-corrected chi connectivity index (χ3v) is 8.88. The second kappa shape index (κ2) is 8.91. The normalized spacial score (nSPS) is 18.3. The number of benzene rings is 2. The predicted molar refractivity (Wildman–Crippen MR) is 127 cm³/mol. The Kier molecular flexibility index (Phi) is 6.68. The van der Waals surface area contributed by atoms with Crippen LogP contribution >= 0.6 is 0 Å². The number of nitrogens with zero attached hydrogens (tertiary/aromatic N) is 1. The summed E-state index contributed by atoms with van der Waals surface area (Å²) >= 11 is 0. The molecule has 0 radical (unpaired) electrons. The molecule has 1 heterocycles. The molecule has 3 rings (SSSR count). The minimum absolute atomic E-state index is 0.0219. The molecule has 0 aromatic heterocycles. The lowest BCUT2D eigenvalue weighted by Crippen LogP contribution is -2.53. The maximum atomic E-state index is 13.9. The summed E-state index contributed by atoms with van der Waals surface area (Å²) in [6.07, 6.45) is 2.42. The molecule has 1 saturated heterocycles. The molecular weight excluding hydrogens is 386 g/mol. The van der Waals surface area contributed by atoms with Crippen molar-refractivity contribution in [2.24, 2.45) is 0 Å². The monoisotopic (exact) mass is 421 g/mol. The first-order valence-electron chi connectivity index (χ1n) is 10.9. The van der Waals surface area contributed by atoms with Gasteiger partial charge in [0.25, 0.3) is 0 Å². The van der Waals surface area contributed by atoms with Crippen molar-refractivity contribution in [3.8, 4) is 0 Å². The lowest BCUT2D eigenvalue weighted by Gasteiger charge is -2.42. The summed E-state index contributed by atoms with van der Waals surface area (Å²) < 4.78 is 0. The van der Waals surface area contributed by atoms with E-state index >= 15 is 0 Å². The topological polar surface area (TPSA) is 40.5 Å². The van der Waals surface area contributed by atoms with E-state index in [0.29, 0.717) is 6.54 Å². The van der Waals surface area contributed by atoms with Gasteiger partial charge in [0, 0.05) is 12.1 Å². The van der Waals surface area contributed by atoms with Gasteiger partial charge in [-0.05, 0) is 37.3 Å². The molecule has 30 heavy (non-hydrogen) atoms. The Labute approximate surface area is 182 Å². The van der Waals surface area contributed by atoms with Gasteiger partial charge in [-0.1, -0.05) is 85.9 Å². The molecule has 1 aliphatic rings. The molecule has 3 nitrogen and oxygen atoms in total. The van der Waals surface area contributed by atoms with Crippen LogP contribution in [0.1, 0.15) is 37.3 Å². The first-order chi connectivity index (χ1) is 14.2. The fourth-order valence-corrected chi connectivity index (χ4v) is 6.58. The lowest BCUT2D eigenvalue weighted by molar-refractivity contribution is -0.136.